The largest absolute Gasteiger partial charge is 0.505 e. The van der Waals surface area contributed by atoms with Gasteiger partial charge in [-0.1, -0.05) is 54.1 Å². The van der Waals surface area contributed by atoms with E-state index in [0.29, 0.717) is 17.5 Å². The maximum atomic E-state index is 14.1. The first-order valence-electron chi connectivity index (χ1n) is 10.7. The van der Waals surface area contributed by atoms with Gasteiger partial charge in [-0.3, -0.25) is 18.7 Å². The lowest BCUT2D eigenvalue weighted by atomic mass is 10.1. The van der Waals surface area contributed by atoms with E-state index in [1.807, 2.05) is 31.2 Å². The van der Waals surface area contributed by atoms with Gasteiger partial charge < -0.3 is 10.2 Å². The van der Waals surface area contributed by atoms with Crippen molar-refractivity contribution in [2.45, 2.75) is 26.4 Å². The van der Waals surface area contributed by atoms with Crippen molar-refractivity contribution in [1.82, 2.24) is 9.13 Å². The number of aromatic hydroxyl groups is 1. The highest BCUT2D eigenvalue weighted by atomic mass is 19.1. The van der Waals surface area contributed by atoms with E-state index < -0.39 is 35.2 Å². The number of ketones is 1. The summed E-state index contributed by atoms with van der Waals surface area (Å²) in [4.78, 5) is 38.1. The second-order valence-corrected chi connectivity index (χ2v) is 8.16. The molecule has 0 aliphatic carbocycles. The van der Waals surface area contributed by atoms with Crippen LogP contribution in [0.2, 0.25) is 0 Å². The number of fused-ring (bicyclic) bond motifs is 1. The number of nitrogens with zero attached hydrogens (tertiary/aromatic N) is 2. The van der Waals surface area contributed by atoms with Gasteiger partial charge in [-0.05, 0) is 30.5 Å². The predicted molar refractivity (Wildman–Crippen MR) is 126 cm³/mol. The van der Waals surface area contributed by atoms with Crippen molar-refractivity contribution >= 4 is 16.7 Å². The predicted octanol–water partition coefficient (Wildman–Crippen LogP) is 2.78. The first kappa shape index (κ1) is 23.1. The third-order valence-electron chi connectivity index (χ3n) is 5.76. The molecule has 34 heavy (non-hydrogen) atoms. The van der Waals surface area contributed by atoms with Crippen molar-refractivity contribution in [3.8, 4) is 5.75 Å². The molecule has 0 amide bonds. The molecule has 2 N–H and O–H groups in total. The summed E-state index contributed by atoms with van der Waals surface area (Å²) in [6.45, 7) is 1.47. The Bertz CT molecular complexity index is 1500. The molecule has 0 saturated heterocycles. The standard InChI is InChI=1S/C26H23FN2O5/c1-16-3-2-4-17(11-16)9-10-28-25(33)20-12-21(27)23(31)13-22(20)29(26(28)34)14-18-5-7-19(8-6-18)24(32)15-30/h2-8,11-13,30-31H,9-10,14-15H2,1H3. The minimum absolute atomic E-state index is 0.0220. The van der Waals surface area contributed by atoms with Gasteiger partial charge in [0.1, 0.15) is 6.61 Å². The van der Waals surface area contributed by atoms with Crippen LogP contribution >= 0.6 is 0 Å². The Morgan fingerprint density at radius 3 is 2.38 bits per heavy atom. The number of Topliss-reactive ketones (excluding diaryl/α,β-unsaturated/α-hetero) is 1. The fourth-order valence-electron chi connectivity index (χ4n) is 3.95. The fourth-order valence-corrected chi connectivity index (χ4v) is 3.95. The highest BCUT2D eigenvalue weighted by Crippen LogP contribution is 2.21. The molecular weight excluding hydrogens is 439 g/mol. The Balaban J connectivity index is 1.80. The molecular formula is C26H23FN2O5. The minimum Gasteiger partial charge on any atom is -0.505 e. The van der Waals surface area contributed by atoms with Crippen molar-refractivity contribution < 1.29 is 19.4 Å². The molecule has 0 fully saturated rings. The summed E-state index contributed by atoms with van der Waals surface area (Å²) in [5.41, 5.74) is 1.87. The molecule has 7 nitrogen and oxygen atoms in total. The number of phenols is 1. The van der Waals surface area contributed by atoms with Crippen LogP contribution in [0.4, 0.5) is 4.39 Å². The number of aliphatic hydroxyl groups excluding tert-OH is 1. The van der Waals surface area contributed by atoms with Crippen LogP contribution < -0.4 is 11.2 Å². The highest BCUT2D eigenvalue weighted by molar-refractivity contribution is 5.96. The third-order valence-corrected chi connectivity index (χ3v) is 5.76. The van der Waals surface area contributed by atoms with E-state index >= 15 is 0 Å². The van der Waals surface area contributed by atoms with Gasteiger partial charge in [0.25, 0.3) is 5.56 Å². The summed E-state index contributed by atoms with van der Waals surface area (Å²) < 4.78 is 16.5. The monoisotopic (exact) mass is 462 g/mol. The number of benzene rings is 3. The molecule has 4 rings (SSSR count). The van der Waals surface area contributed by atoms with Crippen LogP contribution in [0.1, 0.15) is 27.0 Å². The number of carbonyl (C=O) groups is 1. The Morgan fingerprint density at radius 1 is 0.971 bits per heavy atom. The Kier molecular flexibility index (Phi) is 6.43. The molecule has 0 aliphatic rings. The third kappa shape index (κ3) is 4.53. The summed E-state index contributed by atoms with van der Waals surface area (Å²) >= 11 is 0. The lowest BCUT2D eigenvalue weighted by Crippen LogP contribution is -2.40. The van der Waals surface area contributed by atoms with Crippen LogP contribution in [0.3, 0.4) is 0 Å². The van der Waals surface area contributed by atoms with Crippen LogP contribution in [0.5, 0.6) is 5.75 Å². The van der Waals surface area contributed by atoms with E-state index in [9.17, 15) is 23.9 Å². The van der Waals surface area contributed by atoms with E-state index in [1.165, 1.54) is 16.7 Å². The SMILES string of the molecule is Cc1cccc(CCn2c(=O)c3cc(F)c(O)cc3n(Cc3ccc(C(=O)CO)cc3)c2=O)c1. The average molecular weight is 462 g/mol. The van der Waals surface area contributed by atoms with E-state index in [4.69, 9.17) is 5.11 Å². The molecule has 0 spiro atoms. The Morgan fingerprint density at radius 2 is 1.71 bits per heavy atom. The van der Waals surface area contributed by atoms with Gasteiger partial charge in [0.05, 0.1) is 17.4 Å². The van der Waals surface area contributed by atoms with E-state index in [1.54, 1.807) is 12.1 Å². The van der Waals surface area contributed by atoms with Crippen molar-refractivity contribution in [3.63, 3.8) is 0 Å². The van der Waals surface area contributed by atoms with Crippen LogP contribution in [0, 0.1) is 12.7 Å². The quantitative estimate of drug-likeness (QED) is 0.412. The number of halogens is 1. The lowest BCUT2D eigenvalue weighted by Gasteiger charge is -2.15. The molecule has 0 saturated carbocycles. The summed E-state index contributed by atoms with van der Waals surface area (Å²) in [6, 6.07) is 16.1. The van der Waals surface area contributed by atoms with Gasteiger partial charge in [-0.15, -0.1) is 0 Å². The van der Waals surface area contributed by atoms with Crippen molar-refractivity contribution in [3.05, 3.63) is 110 Å². The minimum atomic E-state index is -0.952. The molecule has 174 valence electrons. The molecule has 3 aromatic carbocycles. The number of hydrogen-bond donors (Lipinski definition) is 2. The molecule has 4 aromatic rings. The topological polar surface area (TPSA) is 102 Å². The van der Waals surface area contributed by atoms with Crippen molar-refractivity contribution in [2.24, 2.45) is 0 Å². The van der Waals surface area contributed by atoms with E-state index in [2.05, 4.69) is 0 Å². The van der Waals surface area contributed by atoms with Crippen LogP contribution in [-0.4, -0.2) is 31.7 Å². The Labute approximate surface area is 194 Å². The van der Waals surface area contributed by atoms with Gasteiger partial charge >= 0.3 is 5.69 Å². The summed E-state index contributed by atoms with van der Waals surface area (Å²) in [6.07, 6.45) is 0.431. The fraction of sp³-hybridized carbons (Fsp3) is 0.192. The van der Waals surface area contributed by atoms with Gasteiger partial charge in [0, 0.05) is 18.2 Å². The molecule has 0 bridgehead atoms. The summed E-state index contributed by atoms with van der Waals surface area (Å²) in [7, 11) is 0. The van der Waals surface area contributed by atoms with Crippen LogP contribution in [0.15, 0.2) is 70.3 Å². The zero-order valence-corrected chi connectivity index (χ0v) is 18.5. The lowest BCUT2D eigenvalue weighted by molar-refractivity contribution is 0.0903. The maximum Gasteiger partial charge on any atom is 0.331 e. The molecule has 1 heterocycles. The molecule has 0 radical (unpaired) electrons. The van der Waals surface area contributed by atoms with E-state index in [-0.39, 0.29) is 24.0 Å². The first-order valence-corrected chi connectivity index (χ1v) is 10.7. The zero-order valence-electron chi connectivity index (χ0n) is 18.5. The number of carbonyl (C=O) groups excluding carboxylic acids is 1. The number of aryl methyl sites for hydroxylation is 2. The van der Waals surface area contributed by atoms with Crippen LogP contribution in [-0.2, 0) is 19.5 Å². The van der Waals surface area contributed by atoms with Gasteiger partial charge in [-0.2, -0.15) is 0 Å². The number of phenolic OH excluding ortho intramolecular Hbond substituents is 1. The normalized spacial score (nSPS) is 11.1. The number of rotatable bonds is 7. The molecule has 0 aliphatic heterocycles. The molecule has 0 atom stereocenters. The molecule has 0 unspecified atom stereocenters. The van der Waals surface area contributed by atoms with Gasteiger partial charge in [0.15, 0.2) is 17.3 Å². The Hall–Kier alpha value is -4.04. The van der Waals surface area contributed by atoms with E-state index in [0.717, 1.165) is 27.8 Å². The maximum absolute atomic E-state index is 14.1. The number of aromatic nitrogens is 2. The molecule has 8 heteroatoms. The highest BCUT2D eigenvalue weighted by Gasteiger charge is 2.17. The summed E-state index contributed by atoms with van der Waals surface area (Å²) in [5.74, 6) is -2.05. The first-order chi connectivity index (χ1) is 16.3. The van der Waals surface area contributed by atoms with Crippen molar-refractivity contribution in [2.75, 3.05) is 6.61 Å². The number of hydrogen-bond acceptors (Lipinski definition) is 5. The smallest absolute Gasteiger partial charge is 0.331 e. The van der Waals surface area contributed by atoms with Crippen molar-refractivity contribution in [1.29, 1.82) is 0 Å². The van der Waals surface area contributed by atoms with Gasteiger partial charge in [-0.25, -0.2) is 9.18 Å². The molecule has 1 aromatic heterocycles. The van der Waals surface area contributed by atoms with Gasteiger partial charge in [0.2, 0.25) is 0 Å². The number of aliphatic hydroxyl groups is 1. The zero-order chi connectivity index (χ0) is 24.4. The van der Waals surface area contributed by atoms with Crippen LogP contribution in [0.25, 0.3) is 10.9 Å². The average Bonchev–Trinajstić information content (AvgIpc) is 2.83. The second-order valence-electron chi connectivity index (χ2n) is 8.16. The summed E-state index contributed by atoms with van der Waals surface area (Å²) in [5, 5.41) is 18.9. The second kappa shape index (κ2) is 9.44.